The summed E-state index contributed by atoms with van der Waals surface area (Å²) in [6.45, 7) is 12.9. The molecule has 0 bridgehead atoms. The van der Waals surface area contributed by atoms with Crippen LogP contribution in [0.25, 0.3) is 0 Å². The summed E-state index contributed by atoms with van der Waals surface area (Å²) in [6.07, 6.45) is 3.06. The van der Waals surface area contributed by atoms with Gasteiger partial charge in [0.1, 0.15) is 5.60 Å². The van der Waals surface area contributed by atoms with Crippen LogP contribution in [0.4, 0.5) is 10.5 Å². The molecule has 0 unspecified atom stereocenters. The van der Waals surface area contributed by atoms with Crippen LogP contribution < -0.4 is 16.0 Å². The van der Waals surface area contributed by atoms with Crippen molar-refractivity contribution in [2.45, 2.75) is 65.1 Å². The van der Waals surface area contributed by atoms with Gasteiger partial charge in [-0.25, -0.2) is 4.79 Å². The fraction of sp³-hybridized carbons (Fsp3) is 0.667. The molecule has 4 N–H and O–H groups in total. The van der Waals surface area contributed by atoms with Gasteiger partial charge in [0.15, 0.2) is 5.96 Å². The predicted octanol–water partition coefficient (Wildman–Crippen LogP) is 2.98. The summed E-state index contributed by atoms with van der Waals surface area (Å²) in [5, 5.41) is 19.0. The Kier molecular flexibility index (Phi) is 10.8. The number of hydrogen-bond donors (Lipinski definition) is 4. The number of nitrogens with zero attached hydrogens (tertiary/aromatic N) is 2. The Morgan fingerprint density at radius 2 is 1.88 bits per heavy atom. The Morgan fingerprint density at radius 1 is 1.19 bits per heavy atom. The van der Waals surface area contributed by atoms with Crippen LogP contribution in [-0.2, 0) is 11.2 Å². The number of hydrogen-bond acceptors (Lipinski definition) is 5. The predicted molar refractivity (Wildman–Crippen MR) is 130 cm³/mol. The highest BCUT2D eigenvalue weighted by Gasteiger charge is 2.17. The number of piperidine rings is 1. The molecule has 1 fully saturated rings. The lowest BCUT2D eigenvalue weighted by Gasteiger charge is -2.29. The molecule has 1 aromatic rings. The first kappa shape index (κ1) is 25.9. The number of carbonyl (C=O) groups excluding carboxylic acids is 1. The molecule has 32 heavy (non-hydrogen) atoms. The molecular weight excluding hydrogens is 406 g/mol. The molecule has 0 atom stereocenters. The zero-order valence-corrected chi connectivity index (χ0v) is 20.1. The number of aliphatic hydroxyl groups excluding tert-OH is 1. The van der Waals surface area contributed by atoms with Gasteiger partial charge in [0, 0.05) is 38.4 Å². The maximum Gasteiger partial charge on any atom is 0.412 e. The largest absolute Gasteiger partial charge is 0.444 e. The summed E-state index contributed by atoms with van der Waals surface area (Å²) in [5.41, 5.74) is 1.38. The van der Waals surface area contributed by atoms with Gasteiger partial charge in [0.05, 0.1) is 6.10 Å². The van der Waals surface area contributed by atoms with Gasteiger partial charge in [-0.05, 0) is 77.6 Å². The van der Waals surface area contributed by atoms with Crippen molar-refractivity contribution < 1.29 is 14.6 Å². The van der Waals surface area contributed by atoms with E-state index < -0.39 is 11.7 Å². The number of guanidine groups is 1. The molecule has 1 aliphatic rings. The minimum Gasteiger partial charge on any atom is -0.444 e. The van der Waals surface area contributed by atoms with Gasteiger partial charge in [-0.15, -0.1) is 0 Å². The highest BCUT2D eigenvalue weighted by molar-refractivity contribution is 5.84. The van der Waals surface area contributed by atoms with Gasteiger partial charge in [0.2, 0.25) is 0 Å². The average molecular weight is 448 g/mol. The number of aliphatic imine (C=N–C) groups is 1. The van der Waals surface area contributed by atoms with Crippen molar-refractivity contribution in [3.63, 3.8) is 0 Å². The average Bonchev–Trinajstić information content (AvgIpc) is 2.72. The lowest BCUT2D eigenvalue weighted by molar-refractivity contribution is 0.0636. The minimum atomic E-state index is -0.515. The minimum absolute atomic E-state index is 0.119. The van der Waals surface area contributed by atoms with Crippen molar-refractivity contribution in [3.05, 3.63) is 29.8 Å². The highest BCUT2D eigenvalue weighted by atomic mass is 16.6. The first-order valence-electron chi connectivity index (χ1n) is 11.8. The zero-order chi connectivity index (χ0) is 23.4. The van der Waals surface area contributed by atoms with Gasteiger partial charge in [-0.1, -0.05) is 12.1 Å². The Morgan fingerprint density at radius 3 is 2.50 bits per heavy atom. The Hall–Kier alpha value is -2.32. The summed E-state index contributed by atoms with van der Waals surface area (Å²) in [4.78, 5) is 18.9. The topological polar surface area (TPSA) is 98.2 Å². The van der Waals surface area contributed by atoms with E-state index in [0.717, 1.165) is 70.9 Å². The van der Waals surface area contributed by atoms with Crippen molar-refractivity contribution in [3.8, 4) is 0 Å². The molecular formula is C24H41N5O3. The Bertz CT molecular complexity index is 707. The number of ether oxygens (including phenoxy) is 1. The SMILES string of the molecule is CCNC(=NCCCN1CCC(O)CC1)NCCc1ccc(NC(=O)OC(C)(C)C)cc1. The summed E-state index contributed by atoms with van der Waals surface area (Å²) in [6, 6.07) is 7.79. The highest BCUT2D eigenvalue weighted by Crippen LogP contribution is 2.13. The van der Waals surface area contributed by atoms with E-state index in [0.29, 0.717) is 5.69 Å². The molecule has 8 heteroatoms. The molecule has 1 saturated heterocycles. The molecule has 1 heterocycles. The van der Waals surface area contributed by atoms with E-state index in [2.05, 4.69) is 32.8 Å². The molecule has 1 aliphatic heterocycles. The van der Waals surface area contributed by atoms with E-state index in [1.54, 1.807) is 0 Å². The van der Waals surface area contributed by atoms with E-state index in [4.69, 9.17) is 4.74 Å². The summed E-state index contributed by atoms with van der Waals surface area (Å²) < 4.78 is 5.27. The van der Waals surface area contributed by atoms with Crippen LogP contribution in [-0.4, -0.2) is 73.0 Å². The summed E-state index contributed by atoms with van der Waals surface area (Å²) >= 11 is 0. The second-order valence-electron chi connectivity index (χ2n) is 9.19. The van der Waals surface area contributed by atoms with Crippen LogP contribution in [0.3, 0.4) is 0 Å². The third-order valence-electron chi connectivity index (χ3n) is 5.11. The maximum absolute atomic E-state index is 11.9. The van der Waals surface area contributed by atoms with Crippen molar-refractivity contribution in [1.82, 2.24) is 15.5 Å². The summed E-state index contributed by atoms with van der Waals surface area (Å²) in [7, 11) is 0. The monoisotopic (exact) mass is 447 g/mol. The number of likely N-dealkylation sites (tertiary alicyclic amines) is 1. The maximum atomic E-state index is 11.9. The van der Waals surface area contributed by atoms with Gasteiger partial charge in [-0.3, -0.25) is 10.3 Å². The fourth-order valence-electron chi connectivity index (χ4n) is 3.47. The molecule has 8 nitrogen and oxygen atoms in total. The molecule has 0 spiro atoms. The van der Waals surface area contributed by atoms with Crippen molar-refractivity contribution in [2.24, 2.45) is 4.99 Å². The first-order chi connectivity index (χ1) is 15.2. The smallest absolute Gasteiger partial charge is 0.412 e. The van der Waals surface area contributed by atoms with Crippen LogP contribution >= 0.6 is 0 Å². The first-order valence-corrected chi connectivity index (χ1v) is 11.8. The second kappa shape index (κ2) is 13.3. The van der Waals surface area contributed by atoms with E-state index in [-0.39, 0.29) is 6.10 Å². The second-order valence-corrected chi connectivity index (χ2v) is 9.19. The Labute approximate surface area is 192 Å². The van der Waals surface area contributed by atoms with Crippen molar-refractivity contribution >= 4 is 17.7 Å². The summed E-state index contributed by atoms with van der Waals surface area (Å²) in [5.74, 6) is 0.838. The number of amides is 1. The van der Waals surface area contributed by atoms with E-state index in [1.807, 2.05) is 45.0 Å². The molecule has 0 aromatic heterocycles. The lowest BCUT2D eigenvalue weighted by Crippen LogP contribution is -2.39. The van der Waals surface area contributed by atoms with Crippen molar-refractivity contribution in [2.75, 3.05) is 44.6 Å². The molecule has 1 aromatic carbocycles. The third kappa shape index (κ3) is 10.8. The fourth-order valence-corrected chi connectivity index (χ4v) is 3.47. The standard InChI is InChI=1S/C24H41N5O3/c1-5-25-22(26-14-6-16-29-17-12-21(30)13-18-29)27-15-11-19-7-9-20(10-8-19)28-23(31)32-24(2,3)4/h7-10,21,30H,5-6,11-18H2,1-4H3,(H,28,31)(H2,25,26,27). The van der Waals surface area contributed by atoms with Crippen LogP contribution in [0.5, 0.6) is 0 Å². The molecule has 1 amide bonds. The van der Waals surface area contributed by atoms with E-state index in [1.165, 1.54) is 5.56 Å². The lowest BCUT2D eigenvalue weighted by atomic mass is 10.1. The number of aliphatic hydroxyl groups is 1. The Balaban J connectivity index is 1.69. The van der Waals surface area contributed by atoms with Gasteiger partial charge < -0.3 is 25.4 Å². The quantitative estimate of drug-likeness (QED) is 0.264. The number of anilines is 1. The molecule has 180 valence electrons. The van der Waals surface area contributed by atoms with E-state index in [9.17, 15) is 9.90 Å². The van der Waals surface area contributed by atoms with Crippen molar-refractivity contribution in [1.29, 1.82) is 0 Å². The molecule has 2 rings (SSSR count). The third-order valence-corrected chi connectivity index (χ3v) is 5.11. The van der Waals surface area contributed by atoms with Gasteiger partial charge in [0.25, 0.3) is 0 Å². The molecule has 0 radical (unpaired) electrons. The number of rotatable bonds is 9. The van der Waals surface area contributed by atoms with Crippen LogP contribution in [0.15, 0.2) is 29.3 Å². The molecule has 0 saturated carbocycles. The molecule has 0 aliphatic carbocycles. The zero-order valence-electron chi connectivity index (χ0n) is 20.1. The van der Waals surface area contributed by atoms with Crippen LogP contribution in [0.2, 0.25) is 0 Å². The number of benzene rings is 1. The van der Waals surface area contributed by atoms with Gasteiger partial charge in [-0.2, -0.15) is 0 Å². The number of nitrogens with one attached hydrogen (secondary N) is 3. The van der Waals surface area contributed by atoms with E-state index >= 15 is 0 Å². The van der Waals surface area contributed by atoms with Crippen LogP contribution in [0.1, 0.15) is 52.5 Å². The number of carbonyl (C=O) groups is 1. The van der Waals surface area contributed by atoms with Crippen LogP contribution in [0, 0.1) is 0 Å². The van der Waals surface area contributed by atoms with Gasteiger partial charge >= 0.3 is 6.09 Å². The normalized spacial score (nSPS) is 16.0.